The van der Waals surface area contributed by atoms with E-state index in [0.717, 1.165) is 53.9 Å². The first kappa shape index (κ1) is 14.5. The monoisotopic (exact) mass is 291 g/mol. The lowest BCUT2D eigenvalue weighted by Gasteiger charge is -2.32. The Morgan fingerprint density at radius 2 is 1.90 bits per heavy atom. The first-order valence-electron chi connectivity index (χ1n) is 7.96. The van der Waals surface area contributed by atoms with E-state index in [1.807, 2.05) is 12.1 Å². The summed E-state index contributed by atoms with van der Waals surface area (Å²) in [6, 6.07) is 3.98. The molecule has 1 heterocycles. The maximum Gasteiger partial charge on any atom is 0.231 e. The minimum Gasteiger partial charge on any atom is -0.490 e. The fraction of sp³-hybridized carbons (Fsp3) is 0.647. The van der Waals surface area contributed by atoms with Crippen molar-refractivity contribution in [2.75, 3.05) is 13.3 Å². The lowest BCUT2D eigenvalue weighted by molar-refractivity contribution is 0.0995. The fourth-order valence-corrected chi connectivity index (χ4v) is 3.21. The van der Waals surface area contributed by atoms with Crippen LogP contribution in [0.3, 0.4) is 0 Å². The molecule has 1 aliphatic heterocycles. The van der Waals surface area contributed by atoms with Crippen molar-refractivity contribution >= 4 is 0 Å². The van der Waals surface area contributed by atoms with Crippen LogP contribution in [-0.4, -0.2) is 19.4 Å². The molecule has 0 amide bonds. The molecule has 0 bridgehead atoms. The van der Waals surface area contributed by atoms with Crippen LogP contribution in [0.2, 0.25) is 0 Å². The average Bonchev–Trinajstić information content (AvgIpc) is 2.90. The van der Waals surface area contributed by atoms with E-state index in [9.17, 15) is 0 Å². The van der Waals surface area contributed by atoms with Crippen LogP contribution < -0.4 is 19.9 Å². The maximum atomic E-state index is 6.29. The van der Waals surface area contributed by atoms with E-state index in [0.29, 0.717) is 19.4 Å². The zero-order chi connectivity index (χ0) is 14.8. The first-order valence-corrected chi connectivity index (χ1v) is 7.96. The molecule has 1 fully saturated rings. The van der Waals surface area contributed by atoms with Gasteiger partial charge in [-0.3, -0.25) is 0 Å². The van der Waals surface area contributed by atoms with Crippen molar-refractivity contribution in [2.24, 2.45) is 17.6 Å². The van der Waals surface area contributed by atoms with E-state index in [-0.39, 0.29) is 0 Å². The number of hydrogen-bond donors (Lipinski definition) is 1. The number of fused-ring (bicyclic) bond motifs is 1. The van der Waals surface area contributed by atoms with Gasteiger partial charge in [0, 0.05) is 6.07 Å². The van der Waals surface area contributed by atoms with Crippen LogP contribution in [0.1, 0.15) is 38.7 Å². The van der Waals surface area contributed by atoms with E-state index in [4.69, 9.17) is 19.9 Å². The van der Waals surface area contributed by atoms with Crippen LogP contribution in [0.15, 0.2) is 12.1 Å². The summed E-state index contributed by atoms with van der Waals surface area (Å²) in [5.41, 5.74) is 6.84. The highest BCUT2D eigenvalue weighted by Crippen LogP contribution is 2.40. The molecular formula is C17H25NO3. The van der Waals surface area contributed by atoms with Crippen molar-refractivity contribution in [3.63, 3.8) is 0 Å². The van der Waals surface area contributed by atoms with Gasteiger partial charge < -0.3 is 19.9 Å². The minimum absolute atomic E-state index is 0.291. The standard InChI is InChI=1S/C17H25NO3/c1-11-3-4-14(7-12(11)2)21-15-9-17-16(19-10-20-17)8-13(15)5-6-18/h8-9,11-12,14H,3-7,10,18H2,1-2H3. The molecule has 2 N–H and O–H groups in total. The van der Waals surface area contributed by atoms with Crippen molar-refractivity contribution in [2.45, 2.75) is 45.6 Å². The van der Waals surface area contributed by atoms with Gasteiger partial charge >= 0.3 is 0 Å². The largest absolute Gasteiger partial charge is 0.490 e. The number of rotatable bonds is 4. The Labute approximate surface area is 126 Å². The Balaban J connectivity index is 1.77. The summed E-state index contributed by atoms with van der Waals surface area (Å²) in [4.78, 5) is 0. The average molecular weight is 291 g/mol. The number of hydrogen-bond acceptors (Lipinski definition) is 4. The van der Waals surface area contributed by atoms with Gasteiger partial charge in [-0.15, -0.1) is 0 Å². The van der Waals surface area contributed by atoms with Crippen molar-refractivity contribution in [3.05, 3.63) is 17.7 Å². The van der Waals surface area contributed by atoms with Crippen molar-refractivity contribution < 1.29 is 14.2 Å². The topological polar surface area (TPSA) is 53.7 Å². The van der Waals surface area contributed by atoms with Gasteiger partial charge in [-0.1, -0.05) is 13.8 Å². The molecule has 2 aliphatic rings. The predicted molar refractivity (Wildman–Crippen MR) is 81.9 cm³/mol. The van der Waals surface area contributed by atoms with Crippen LogP contribution in [0.25, 0.3) is 0 Å². The Morgan fingerprint density at radius 3 is 2.62 bits per heavy atom. The summed E-state index contributed by atoms with van der Waals surface area (Å²) in [5, 5.41) is 0. The van der Waals surface area contributed by atoms with Crippen LogP contribution in [0.5, 0.6) is 17.2 Å². The smallest absolute Gasteiger partial charge is 0.231 e. The summed E-state index contributed by atoms with van der Waals surface area (Å²) in [7, 11) is 0. The fourth-order valence-electron chi connectivity index (χ4n) is 3.21. The van der Waals surface area contributed by atoms with E-state index in [1.54, 1.807) is 0 Å². The highest BCUT2D eigenvalue weighted by atomic mass is 16.7. The molecule has 1 aromatic carbocycles. The Hall–Kier alpha value is -1.42. The Kier molecular flexibility index (Phi) is 4.24. The second-order valence-corrected chi connectivity index (χ2v) is 6.36. The molecule has 4 nitrogen and oxygen atoms in total. The normalized spacial score (nSPS) is 27.7. The third-order valence-corrected chi connectivity index (χ3v) is 4.81. The third-order valence-electron chi connectivity index (χ3n) is 4.81. The molecule has 4 heteroatoms. The van der Waals surface area contributed by atoms with E-state index in [2.05, 4.69) is 13.8 Å². The van der Waals surface area contributed by atoms with Gasteiger partial charge in [0.15, 0.2) is 11.5 Å². The van der Waals surface area contributed by atoms with Gasteiger partial charge in [-0.25, -0.2) is 0 Å². The summed E-state index contributed by atoms with van der Waals surface area (Å²) >= 11 is 0. The molecule has 21 heavy (non-hydrogen) atoms. The lowest BCUT2D eigenvalue weighted by Crippen LogP contribution is -2.29. The van der Waals surface area contributed by atoms with Crippen LogP contribution in [0, 0.1) is 11.8 Å². The molecule has 0 spiro atoms. The summed E-state index contributed by atoms with van der Waals surface area (Å²) in [6.07, 6.45) is 4.58. The summed E-state index contributed by atoms with van der Waals surface area (Å²) in [5.74, 6) is 4.01. The molecule has 116 valence electrons. The lowest BCUT2D eigenvalue weighted by atomic mass is 9.80. The zero-order valence-electron chi connectivity index (χ0n) is 12.9. The van der Waals surface area contributed by atoms with Gasteiger partial charge in [-0.2, -0.15) is 0 Å². The summed E-state index contributed by atoms with van der Waals surface area (Å²) < 4.78 is 17.2. The summed E-state index contributed by atoms with van der Waals surface area (Å²) in [6.45, 7) is 5.55. The van der Waals surface area contributed by atoms with Crippen LogP contribution in [-0.2, 0) is 6.42 Å². The highest BCUT2D eigenvalue weighted by Gasteiger charge is 2.27. The second kappa shape index (κ2) is 6.14. The van der Waals surface area contributed by atoms with Gasteiger partial charge in [0.1, 0.15) is 5.75 Å². The van der Waals surface area contributed by atoms with Gasteiger partial charge in [0.05, 0.1) is 6.10 Å². The highest BCUT2D eigenvalue weighted by molar-refractivity contribution is 5.52. The SMILES string of the molecule is CC1CCC(Oc2cc3c(cc2CCN)OCO3)CC1C. The molecule has 3 rings (SSSR count). The quantitative estimate of drug-likeness (QED) is 0.926. The van der Waals surface area contributed by atoms with E-state index < -0.39 is 0 Å². The molecule has 3 atom stereocenters. The zero-order valence-corrected chi connectivity index (χ0v) is 12.9. The Morgan fingerprint density at radius 1 is 1.14 bits per heavy atom. The predicted octanol–water partition coefficient (Wildman–Crippen LogP) is 3.12. The van der Waals surface area contributed by atoms with Crippen LogP contribution >= 0.6 is 0 Å². The van der Waals surface area contributed by atoms with Crippen molar-refractivity contribution in [1.29, 1.82) is 0 Å². The molecule has 1 saturated carbocycles. The number of ether oxygens (including phenoxy) is 3. The van der Waals surface area contributed by atoms with Crippen LogP contribution in [0.4, 0.5) is 0 Å². The van der Waals surface area contributed by atoms with Crippen molar-refractivity contribution in [3.8, 4) is 17.2 Å². The van der Waals surface area contributed by atoms with Gasteiger partial charge in [0.2, 0.25) is 6.79 Å². The molecular weight excluding hydrogens is 266 g/mol. The molecule has 0 saturated heterocycles. The third kappa shape index (κ3) is 3.10. The molecule has 0 radical (unpaired) electrons. The van der Waals surface area contributed by atoms with Gasteiger partial charge in [0.25, 0.3) is 0 Å². The minimum atomic E-state index is 0.291. The number of benzene rings is 1. The van der Waals surface area contributed by atoms with E-state index in [1.165, 1.54) is 6.42 Å². The number of nitrogens with two attached hydrogens (primary N) is 1. The molecule has 0 aromatic heterocycles. The molecule has 3 unspecified atom stereocenters. The Bertz CT molecular complexity index is 503. The maximum absolute atomic E-state index is 6.29. The second-order valence-electron chi connectivity index (χ2n) is 6.36. The molecule has 1 aliphatic carbocycles. The van der Waals surface area contributed by atoms with E-state index >= 15 is 0 Å². The van der Waals surface area contributed by atoms with Crippen molar-refractivity contribution in [1.82, 2.24) is 0 Å². The molecule has 1 aromatic rings. The van der Waals surface area contributed by atoms with Gasteiger partial charge in [-0.05, 0) is 55.7 Å². The first-order chi connectivity index (χ1) is 10.2.